The standard InChI is InChI=1S/C13H17FN2O/c1-12(2)11(13(12,3)4)16-10(17)8-6-5-7-9(14)15-8/h5-7,11H,1-4H3,(H,16,17). The van der Waals surface area contributed by atoms with Crippen LogP contribution in [0.1, 0.15) is 38.2 Å². The highest BCUT2D eigenvalue weighted by Gasteiger charge is 2.65. The summed E-state index contributed by atoms with van der Waals surface area (Å²) in [5.74, 6) is -0.944. The lowest BCUT2D eigenvalue weighted by Crippen LogP contribution is -2.30. The van der Waals surface area contributed by atoms with Crippen LogP contribution in [0.2, 0.25) is 0 Å². The molecule has 1 aliphatic carbocycles. The minimum Gasteiger partial charge on any atom is -0.347 e. The Morgan fingerprint density at radius 2 is 1.88 bits per heavy atom. The molecule has 0 aromatic carbocycles. The molecule has 3 nitrogen and oxygen atoms in total. The van der Waals surface area contributed by atoms with E-state index in [4.69, 9.17) is 0 Å². The van der Waals surface area contributed by atoms with Crippen molar-refractivity contribution in [3.8, 4) is 0 Å². The predicted octanol–water partition coefficient (Wildman–Crippen LogP) is 2.39. The van der Waals surface area contributed by atoms with Gasteiger partial charge in [-0.05, 0) is 23.0 Å². The zero-order valence-corrected chi connectivity index (χ0v) is 10.5. The lowest BCUT2D eigenvalue weighted by molar-refractivity contribution is 0.0937. The summed E-state index contributed by atoms with van der Waals surface area (Å²) in [5, 5.41) is 2.91. The van der Waals surface area contributed by atoms with Crippen LogP contribution < -0.4 is 5.32 Å². The van der Waals surface area contributed by atoms with Crippen molar-refractivity contribution in [1.82, 2.24) is 10.3 Å². The van der Waals surface area contributed by atoms with Gasteiger partial charge in [-0.2, -0.15) is 4.39 Å². The Kier molecular flexibility index (Phi) is 2.49. The van der Waals surface area contributed by atoms with Crippen molar-refractivity contribution in [2.45, 2.75) is 33.7 Å². The van der Waals surface area contributed by atoms with Crippen LogP contribution >= 0.6 is 0 Å². The zero-order chi connectivity index (χ0) is 12.8. The molecule has 1 aromatic rings. The Bertz CT molecular complexity index is 454. The number of halogens is 1. The number of pyridine rings is 1. The van der Waals surface area contributed by atoms with Gasteiger partial charge < -0.3 is 5.32 Å². The van der Waals surface area contributed by atoms with E-state index in [0.29, 0.717) is 0 Å². The molecule has 1 N–H and O–H groups in total. The van der Waals surface area contributed by atoms with Gasteiger partial charge >= 0.3 is 0 Å². The first-order chi connectivity index (χ1) is 7.76. The first-order valence-electron chi connectivity index (χ1n) is 5.70. The number of carbonyl (C=O) groups is 1. The number of carbonyl (C=O) groups excluding carboxylic acids is 1. The normalized spacial score (nSPS) is 21.0. The van der Waals surface area contributed by atoms with Crippen LogP contribution in [0.5, 0.6) is 0 Å². The lowest BCUT2D eigenvalue weighted by Gasteiger charge is -2.06. The fourth-order valence-electron chi connectivity index (χ4n) is 2.30. The number of aromatic nitrogens is 1. The average molecular weight is 236 g/mol. The van der Waals surface area contributed by atoms with Crippen LogP contribution in [0.4, 0.5) is 4.39 Å². The summed E-state index contributed by atoms with van der Waals surface area (Å²) >= 11 is 0. The molecule has 17 heavy (non-hydrogen) atoms. The van der Waals surface area contributed by atoms with E-state index in [9.17, 15) is 9.18 Å². The van der Waals surface area contributed by atoms with Crippen LogP contribution in [0.25, 0.3) is 0 Å². The van der Waals surface area contributed by atoms with Gasteiger partial charge in [0.2, 0.25) is 5.95 Å². The Labute approximate surface area is 100 Å². The Morgan fingerprint density at radius 3 is 2.35 bits per heavy atom. The number of nitrogens with zero attached hydrogens (tertiary/aromatic N) is 1. The van der Waals surface area contributed by atoms with Crippen molar-refractivity contribution in [2.75, 3.05) is 0 Å². The van der Waals surface area contributed by atoms with Gasteiger partial charge in [-0.25, -0.2) is 4.98 Å². The fourth-order valence-corrected chi connectivity index (χ4v) is 2.30. The van der Waals surface area contributed by atoms with Gasteiger partial charge in [0.1, 0.15) is 5.69 Å². The largest absolute Gasteiger partial charge is 0.347 e. The van der Waals surface area contributed by atoms with Crippen molar-refractivity contribution in [2.24, 2.45) is 10.8 Å². The highest BCUT2D eigenvalue weighted by atomic mass is 19.1. The molecule has 92 valence electrons. The third-order valence-electron chi connectivity index (χ3n) is 4.24. The molecule has 2 rings (SSSR count). The van der Waals surface area contributed by atoms with Crippen molar-refractivity contribution < 1.29 is 9.18 Å². The SMILES string of the molecule is CC1(C)C(NC(=O)c2cccc(F)n2)C1(C)C. The second-order valence-corrected chi connectivity index (χ2v) is 5.70. The monoisotopic (exact) mass is 236 g/mol. The maximum atomic E-state index is 12.9. The van der Waals surface area contributed by atoms with Crippen molar-refractivity contribution in [1.29, 1.82) is 0 Å². The van der Waals surface area contributed by atoms with E-state index in [1.807, 2.05) is 0 Å². The number of rotatable bonds is 2. The average Bonchev–Trinajstić information content (AvgIpc) is 2.61. The van der Waals surface area contributed by atoms with Crippen molar-refractivity contribution in [3.05, 3.63) is 29.8 Å². The summed E-state index contributed by atoms with van der Waals surface area (Å²) in [6.45, 7) is 8.43. The minimum absolute atomic E-state index is 0.0655. The molecule has 0 bridgehead atoms. The van der Waals surface area contributed by atoms with Crippen LogP contribution in [-0.4, -0.2) is 16.9 Å². The van der Waals surface area contributed by atoms with E-state index >= 15 is 0 Å². The molecule has 0 saturated heterocycles. The first-order valence-corrected chi connectivity index (χ1v) is 5.70. The highest BCUT2D eigenvalue weighted by molar-refractivity contribution is 5.92. The Hall–Kier alpha value is -1.45. The van der Waals surface area contributed by atoms with Crippen molar-refractivity contribution >= 4 is 5.91 Å². The fraction of sp³-hybridized carbons (Fsp3) is 0.538. The van der Waals surface area contributed by atoms with Gasteiger partial charge in [-0.1, -0.05) is 33.8 Å². The zero-order valence-electron chi connectivity index (χ0n) is 10.5. The molecular formula is C13H17FN2O. The van der Waals surface area contributed by atoms with Gasteiger partial charge in [0.25, 0.3) is 5.91 Å². The lowest BCUT2D eigenvalue weighted by atomic mass is 10.0. The molecule has 1 fully saturated rings. The van der Waals surface area contributed by atoms with Crippen LogP contribution in [-0.2, 0) is 0 Å². The quantitative estimate of drug-likeness (QED) is 0.801. The molecule has 0 unspecified atom stereocenters. The van der Waals surface area contributed by atoms with Gasteiger partial charge in [0.05, 0.1) is 0 Å². The van der Waals surface area contributed by atoms with Crippen LogP contribution in [0.15, 0.2) is 18.2 Å². The molecule has 1 aromatic heterocycles. The van der Waals surface area contributed by atoms with Crippen LogP contribution in [0, 0.1) is 16.8 Å². The Morgan fingerprint density at radius 1 is 1.29 bits per heavy atom. The molecule has 4 heteroatoms. The highest BCUT2D eigenvalue weighted by Crippen LogP contribution is 2.62. The smallest absolute Gasteiger partial charge is 0.270 e. The number of nitrogens with one attached hydrogen (secondary N) is 1. The van der Waals surface area contributed by atoms with E-state index in [-0.39, 0.29) is 28.5 Å². The summed E-state index contributed by atoms with van der Waals surface area (Å²) in [6.07, 6.45) is 0. The van der Waals surface area contributed by atoms with E-state index in [2.05, 4.69) is 38.0 Å². The second-order valence-electron chi connectivity index (χ2n) is 5.70. The minimum atomic E-state index is -0.632. The number of hydrogen-bond acceptors (Lipinski definition) is 2. The molecule has 0 aliphatic heterocycles. The predicted molar refractivity (Wildman–Crippen MR) is 63.0 cm³/mol. The summed E-state index contributed by atoms with van der Waals surface area (Å²) in [6, 6.07) is 4.33. The van der Waals surface area contributed by atoms with E-state index in [0.717, 1.165) is 0 Å². The van der Waals surface area contributed by atoms with Crippen LogP contribution in [0.3, 0.4) is 0 Å². The third-order valence-corrected chi connectivity index (χ3v) is 4.24. The maximum absolute atomic E-state index is 12.9. The molecule has 1 heterocycles. The van der Waals surface area contributed by atoms with Gasteiger partial charge in [-0.15, -0.1) is 0 Å². The van der Waals surface area contributed by atoms with Gasteiger partial charge in [-0.3, -0.25) is 4.79 Å². The molecule has 1 saturated carbocycles. The Balaban J connectivity index is 2.10. The summed E-state index contributed by atoms with van der Waals surface area (Å²) in [4.78, 5) is 15.5. The molecule has 0 spiro atoms. The van der Waals surface area contributed by atoms with Crippen molar-refractivity contribution in [3.63, 3.8) is 0 Å². The third kappa shape index (κ3) is 1.81. The first kappa shape index (κ1) is 12.0. The van der Waals surface area contributed by atoms with E-state index in [1.165, 1.54) is 18.2 Å². The number of hydrogen-bond donors (Lipinski definition) is 1. The summed E-state index contributed by atoms with van der Waals surface area (Å²) in [5.41, 5.74) is 0.259. The maximum Gasteiger partial charge on any atom is 0.270 e. The molecule has 1 amide bonds. The summed E-state index contributed by atoms with van der Waals surface area (Å²) < 4.78 is 12.9. The number of amides is 1. The van der Waals surface area contributed by atoms with Gasteiger partial charge in [0.15, 0.2) is 0 Å². The molecule has 0 radical (unpaired) electrons. The molecule has 0 atom stereocenters. The molecular weight excluding hydrogens is 219 g/mol. The van der Waals surface area contributed by atoms with E-state index < -0.39 is 5.95 Å². The second kappa shape index (κ2) is 3.52. The van der Waals surface area contributed by atoms with Gasteiger partial charge in [0, 0.05) is 6.04 Å². The topological polar surface area (TPSA) is 42.0 Å². The van der Waals surface area contributed by atoms with E-state index in [1.54, 1.807) is 0 Å². The summed E-state index contributed by atoms with van der Waals surface area (Å²) in [7, 11) is 0. The molecule has 1 aliphatic rings.